The van der Waals surface area contributed by atoms with Crippen LogP contribution in [0.1, 0.15) is 33.8 Å². The summed E-state index contributed by atoms with van der Waals surface area (Å²) in [6, 6.07) is 10.8. The fourth-order valence-electron chi connectivity index (χ4n) is 2.06. The highest BCUT2D eigenvalue weighted by Gasteiger charge is 2.16. The Bertz CT molecular complexity index is 533. The first-order valence-corrected chi connectivity index (χ1v) is 7.37. The van der Waals surface area contributed by atoms with Crippen molar-refractivity contribution in [2.24, 2.45) is 0 Å². The lowest BCUT2D eigenvalue weighted by atomic mass is 10.0. The Morgan fingerprint density at radius 2 is 2.06 bits per heavy atom. The first kappa shape index (κ1) is 13.6. The van der Waals surface area contributed by atoms with E-state index in [1.165, 1.54) is 15.3 Å². The van der Waals surface area contributed by atoms with Crippen LogP contribution in [0.2, 0.25) is 5.02 Å². The van der Waals surface area contributed by atoms with Gasteiger partial charge < -0.3 is 5.32 Å². The summed E-state index contributed by atoms with van der Waals surface area (Å²) >= 11 is 8.21. The van der Waals surface area contributed by atoms with Gasteiger partial charge in [-0.2, -0.15) is 0 Å². The second kappa shape index (κ2) is 5.87. The average molecular weight is 280 g/mol. The Hall–Kier alpha value is -0.830. The first-order chi connectivity index (χ1) is 8.65. The Morgan fingerprint density at radius 3 is 2.61 bits per heavy atom. The largest absolute Gasteiger partial charge is 0.309 e. The highest BCUT2D eigenvalue weighted by Crippen LogP contribution is 2.32. The van der Waals surface area contributed by atoms with Gasteiger partial charge in [-0.05, 0) is 49.7 Å². The van der Waals surface area contributed by atoms with Gasteiger partial charge in [0, 0.05) is 14.8 Å². The van der Waals surface area contributed by atoms with E-state index in [1.807, 2.05) is 24.5 Å². The number of thiophene rings is 1. The number of hydrogen-bond donors (Lipinski definition) is 1. The van der Waals surface area contributed by atoms with E-state index in [4.69, 9.17) is 11.6 Å². The van der Waals surface area contributed by atoms with Crippen LogP contribution in [0, 0.1) is 6.92 Å². The van der Waals surface area contributed by atoms with Gasteiger partial charge in [0.1, 0.15) is 0 Å². The van der Waals surface area contributed by atoms with E-state index in [2.05, 4.69) is 43.4 Å². The van der Waals surface area contributed by atoms with Gasteiger partial charge in [0.2, 0.25) is 0 Å². The molecule has 0 bridgehead atoms. The van der Waals surface area contributed by atoms with E-state index in [1.54, 1.807) is 0 Å². The van der Waals surface area contributed by atoms with Crippen LogP contribution >= 0.6 is 22.9 Å². The van der Waals surface area contributed by atoms with Crippen molar-refractivity contribution in [2.75, 3.05) is 7.05 Å². The number of aryl methyl sites for hydroxylation is 2. The summed E-state index contributed by atoms with van der Waals surface area (Å²) in [5.74, 6) is 0. The molecular weight excluding hydrogens is 262 g/mol. The predicted octanol–water partition coefficient (Wildman–Crippen LogP) is 4.58. The van der Waals surface area contributed by atoms with Gasteiger partial charge in [0.15, 0.2) is 0 Å². The lowest BCUT2D eigenvalue weighted by molar-refractivity contribution is 0.704. The lowest BCUT2D eigenvalue weighted by Gasteiger charge is -2.17. The second-order valence-electron chi connectivity index (χ2n) is 4.40. The molecule has 2 rings (SSSR count). The van der Waals surface area contributed by atoms with Gasteiger partial charge in [-0.15, -0.1) is 11.3 Å². The van der Waals surface area contributed by atoms with Gasteiger partial charge >= 0.3 is 0 Å². The first-order valence-electron chi connectivity index (χ1n) is 6.17. The Labute approximate surface area is 118 Å². The van der Waals surface area contributed by atoms with Crippen molar-refractivity contribution in [2.45, 2.75) is 26.3 Å². The maximum atomic E-state index is 6.36. The molecule has 0 fully saturated rings. The third-order valence-electron chi connectivity index (χ3n) is 3.07. The minimum atomic E-state index is 0.184. The van der Waals surface area contributed by atoms with Crippen LogP contribution in [0.5, 0.6) is 0 Å². The van der Waals surface area contributed by atoms with Crippen LogP contribution in [0.3, 0.4) is 0 Å². The molecule has 1 aromatic heterocycles. The van der Waals surface area contributed by atoms with Crippen LogP contribution in [-0.4, -0.2) is 7.05 Å². The van der Waals surface area contributed by atoms with Gasteiger partial charge in [-0.25, -0.2) is 0 Å². The average Bonchev–Trinajstić information content (AvgIpc) is 2.81. The Kier molecular flexibility index (Phi) is 4.44. The van der Waals surface area contributed by atoms with E-state index in [0.717, 1.165) is 17.0 Å². The van der Waals surface area contributed by atoms with Crippen molar-refractivity contribution >= 4 is 22.9 Å². The van der Waals surface area contributed by atoms with Crippen molar-refractivity contribution in [3.05, 3.63) is 56.2 Å². The van der Waals surface area contributed by atoms with Crippen LogP contribution in [0.4, 0.5) is 0 Å². The molecule has 1 heterocycles. The summed E-state index contributed by atoms with van der Waals surface area (Å²) < 4.78 is 0. The van der Waals surface area contributed by atoms with Crippen molar-refractivity contribution in [3.8, 4) is 0 Å². The molecule has 2 aromatic rings. The molecule has 0 saturated heterocycles. The molecule has 0 spiro atoms. The fourth-order valence-corrected chi connectivity index (χ4v) is 3.48. The van der Waals surface area contributed by atoms with Crippen LogP contribution in [-0.2, 0) is 6.42 Å². The zero-order valence-corrected chi connectivity index (χ0v) is 12.5. The predicted molar refractivity (Wildman–Crippen MR) is 80.8 cm³/mol. The number of benzene rings is 1. The summed E-state index contributed by atoms with van der Waals surface area (Å²) in [5, 5.41) is 4.19. The standard InChI is InChI=1S/C15H18ClNS/c1-4-11-6-8-14(18-11)15(17-3)12-7-5-10(2)9-13(12)16/h5-9,15,17H,4H2,1-3H3. The normalized spacial score (nSPS) is 12.7. The third-order valence-corrected chi connectivity index (χ3v) is 4.69. The SMILES string of the molecule is CCc1ccc(C(NC)c2ccc(C)cc2Cl)s1. The maximum absolute atomic E-state index is 6.36. The molecule has 1 nitrogen and oxygen atoms in total. The highest BCUT2D eigenvalue weighted by molar-refractivity contribution is 7.12. The van der Waals surface area contributed by atoms with E-state index >= 15 is 0 Å². The summed E-state index contributed by atoms with van der Waals surface area (Å²) in [6.07, 6.45) is 1.09. The molecule has 0 aliphatic heterocycles. The molecule has 1 unspecified atom stereocenters. The second-order valence-corrected chi connectivity index (χ2v) is 6.01. The van der Waals surface area contributed by atoms with Crippen molar-refractivity contribution < 1.29 is 0 Å². The van der Waals surface area contributed by atoms with Crippen LogP contribution < -0.4 is 5.32 Å². The van der Waals surface area contributed by atoms with E-state index in [9.17, 15) is 0 Å². The molecule has 1 N–H and O–H groups in total. The minimum absolute atomic E-state index is 0.184. The molecule has 0 radical (unpaired) electrons. The fraction of sp³-hybridized carbons (Fsp3) is 0.333. The summed E-state index contributed by atoms with van der Waals surface area (Å²) in [5.41, 5.74) is 2.34. The number of halogens is 1. The van der Waals surface area contributed by atoms with E-state index in [-0.39, 0.29) is 6.04 Å². The van der Waals surface area contributed by atoms with Crippen molar-refractivity contribution in [1.82, 2.24) is 5.32 Å². The molecule has 1 aromatic carbocycles. The van der Waals surface area contributed by atoms with Gasteiger partial charge in [-0.1, -0.05) is 30.7 Å². The molecule has 18 heavy (non-hydrogen) atoms. The molecule has 3 heteroatoms. The quantitative estimate of drug-likeness (QED) is 0.864. The summed E-state index contributed by atoms with van der Waals surface area (Å²) in [6.45, 7) is 4.24. The van der Waals surface area contributed by atoms with Gasteiger partial charge in [0.05, 0.1) is 6.04 Å². The molecule has 0 aliphatic rings. The molecule has 96 valence electrons. The minimum Gasteiger partial charge on any atom is -0.309 e. The monoisotopic (exact) mass is 279 g/mol. The summed E-state index contributed by atoms with van der Waals surface area (Å²) in [4.78, 5) is 2.73. The number of nitrogens with one attached hydrogen (secondary N) is 1. The van der Waals surface area contributed by atoms with E-state index in [0.29, 0.717) is 0 Å². The topological polar surface area (TPSA) is 12.0 Å². The smallest absolute Gasteiger partial charge is 0.0683 e. The van der Waals surface area contributed by atoms with E-state index < -0.39 is 0 Å². The van der Waals surface area contributed by atoms with Gasteiger partial charge in [-0.3, -0.25) is 0 Å². The molecule has 0 amide bonds. The zero-order valence-electron chi connectivity index (χ0n) is 11.0. The van der Waals surface area contributed by atoms with Gasteiger partial charge in [0.25, 0.3) is 0 Å². The van der Waals surface area contributed by atoms with Crippen molar-refractivity contribution in [3.63, 3.8) is 0 Å². The molecular formula is C15H18ClNS. The third kappa shape index (κ3) is 2.77. The lowest BCUT2D eigenvalue weighted by Crippen LogP contribution is -2.16. The molecule has 0 aliphatic carbocycles. The number of rotatable bonds is 4. The molecule has 1 atom stereocenters. The number of hydrogen-bond acceptors (Lipinski definition) is 2. The Balaban J connectivity index is 2.38. The zero-order chi connectivity index (χ0) is 13.1. The van der Waals surface area contributed by atoms with Crippen LogP contribution in [0.25, 0.3) is 0 Å². The summed E-state index contributed by atoms with van der Waals surface area (Å²) in [7, 11) is 1.98. The van der Waals surface area contributed by atoms with Crippen LogP contribution in [0.15, 0.2) is 30.3 Å². The maximum Gasteiger partial charge on any atom is 0.0683 e. The van der Waals surface area contributed by atoms with Crippen molar-refractivity contribution in [1.29, 1.82) is 0 Å². The molecule has 0 saturated carbocycles. The Morgan fingerprint density at radius 1 is 1.28 bits per heavy atom. The highest BCUT2D eigenvalue weighted by atomic mass is 35.5.